The van der Waals surface area contributed by atoms with Crippen molar-refractivity contribution in [2.75, 3.05) is 0 Å². The third kappa shape index (κ3) is 5.15. The van der Waals surface area contributed by atoms with Gasteiger partial charge in [0.05, 0.1) is 6.42 Å². The Kier molecular flexibility index (Phi) is 5.19. The summed E-state index contributed by atoms with van der Waals surface area (Å²) in [5.74, 6) is 0.0245. The largest absolute Gasteiger partial charge is 0.508 e. The molecule has 0 aliphatic heterocycles. The number of phenols is 1. The van der Waals surface area contributed by atoms with Gasteiger partial charge in [-0.2, -0.15) is 0 Å². The van der Waals surface area contributed by atoms with Gasteiger partial charge in [-0.15, -0.1) is 0 Å². The van der Waals surface area contributed by atoms with Crippen LogP contribution < -0.4 is 5.09 Å². The maximum Gasteiger partial charge on any atom is 0.427 e. The molecule has 1 aliphatic rings. The molecule has 0 radical (unpaired) electrons. The third-order valence-corrected chi connectivity index (χ3v) is 3.87. The number of carbonyl (C=O) groups excluding carboxylic acids is 1. The van der Waals surface area contributed by atoms with E-state index in [9.17, 15) is 14.5 Å². The molecule has 0 atom stereocenters. The van der Waals surface area contributed by atoms with Crippen molar-refractivity contribution in [3.63, 3.8) is 0 Å². The molecule has 1 aromatic carbocycles. The predicted molar refractivity (Wildman–Crippen MR) is 82.0 cm³/mol. The Labute approximate surface area is 128 Å². The van der Waals surface area contributed by atoms with Gasteiger partial charge in [-0.3, -0.25) is 9.88 Å². The molecular weight excluding hydrogens is 305 g/mol. The number of rotatable bonds is 6. The first-order valence-electron chi connectivity index (χ1n) is 6.88. The van der Waals surface area contributed by atoms with Gasteiger partial charge in [0.2, 0.25) is 0 Å². The molecule has 0 unspecified atom stereocenters. The smallest absolute Gasteiger partial charge is 0.427 e. The monoisotopic (exact) mass is 323 g/mol. The van der Waals surface area contributed by atoms with Crippen molar-refractivity contribution in [2.24, 2.45) is 0 Å². The lowest BCUT2D eigenvalue weighted by molar-refractivity contribution is -0.114. The Balaban J connectivity index is 2.02. The average Bonchev–Trinajstić information content (AvgIpc) is 2.39. The zero-order valence-corrected chi connectivity index (χ0v) is 12.8. The van der Waals surface area contributed by atoms with E-state index >= 15 is 0 Å². The molecule has 22 heavy (non-hydrogen) atoms. The number of aromatic hydroxyl groups is 1. The molecule has 4 N–H and O–H groups in total. The minimum atomic E-state index is -4.42. The van der Waals surface area contributed by atoms with Gasteiger partial charge in [0, 0.05) is 5.70 Å². The summed E-state index contributed by atoms with van der Waals surface area (Å²) in [6.07, 6.45) is 5.05. The number of nitrogens with one attached hydrogen (secondary N) is 1. The highest BCUT2D eigenvalue weighted by atomic mass is 31.2. The fourth-order valence-corrected chi connectivity index (χ4v) is 2.93. The van der Waals surface area contributed by atoms with Crippen LogP contribution in [0.1, 0.15) is 24.8 Å². The van der Waals surface area contributed by atoms with E-state index in [0.29, 0.717) is 6.42 Å². The zero-order valence-electron chi connectivity index (χ0n) is 11.9. The standard InChI is InChI=1S/C15H18NO5P/c17-13-6-2-4-11(9-13)3-1-5-12-7-8-14(18)10-15(12)16-22(19,20)21/h2,4,6-9,17H,1,3,5,10H2,(H3,16,19,20,21). The molecule has 0 saturated heterocycles. The Hall–Kier alpha value is -1.88. The number of ketones is 1. The van der Waals surface area contributed by atoms with Gasteiger partial charge in [0.25, 0.3) is 0 Å². The van der Waals surface area contributed by atoms with Crippen molar-refractivity contribution in [2.45, 2.75) is 25.7 Å². The molecular formula is C15H18NO5P. The SMILES string of the molecule is O=C1C=CC(CCCc2cccc(O)c2)=C(NP(=O)(O)O)C1. The number of allylic oxidation sites excluding steroid dienone is 4. The first-order chi connectivity index (χ1) is 10.3. The summed E-state index contributed by atoms with van der Waals surface area (Å²) in [5.41, 5.74) is 2.00. The number of phenolic OH excluding ortho intramolecular Hbond substituents is 1. The normalized spacial score (nSPS) is 15.3. The van der Waals surface area contributed by atoms with Crippen molar-refractivity contribution in [3.8, 4) is 5.75 Å². The van der Waals surface area contributed by atoms with Crippen LogP contribution >= 0.6 is 7.75 Å². The number of hydrogen-bond donors (Lipinski definition) is 4. The van der Waals surface area contributed by atoms with Crippen molar-refractivity contribution in [3.05, 3.63) is 53.3 Å². The highest BCUT2D eigenvalue weighted by Gasteiger charge is 2.20. The lowest BCUT2D eigenvalue weighted by Crippen LogP contribution is -2.17. The topological polar surface area (TPSA) is 107 Å². The molecule has 0 heterocycles. The highest BCUT2D eigenvalue weighted by Crippen LogP contribution is 2.34. The van der Waals surface area contributed by atoms with Crippen molar-refractivity contribution < 1.29 is 24.3 Å². The molecule has 1 aromatic rings. The van der Waals surface area contributed by atoms with E-state index in [1.807, 2.05) is 6.07 Å². The van der Waals surface area contributed by atoms with Crippen LogP contribution in [0.4, 0.5) is 0 Å². The Morgan fingerprint density at radius 1 is 1.18 bits per heavy atom. The second-order valence-electron chi connectivity index (χ2n) is 5.16. The lowest BCUT2D eigenvalue weighted by atomic mass is 9.97. The first-order valence-corrected chi connectivity index (χ1v) is 8.49. The number of benzene rings is 1. The fourth-order valence-electron chi connectivity index (χ4n) is 2.36. The molecule has 0 fully saturated rings. The first kappa shape index (κ1) is 16.5. The van der Waals surface area contributed by atoms with Crippen molar-refractivity contribution in [1.82, 2.24) is 5.09 Å². The van der Waals surface area contributed by atoms with E-state index in [2.05, 4.69) is 5.09 Å². The predicted octanol–water partition coefficient (Wildman–Crippen LogP) is 2.18. The highest BCUT2D eigenvalue weighted by molar-refractivity contribution is 7.49. The third-order valence-electron chi connectivity index (χ3n) is 3.31. The minimum absolute atomic E-state index is 0.0247. The molecule has 6 nitrogen and oxygen atoms in total. The Bertz CT molecular complexity index is 674. The molecule has 0 spiro atoms. The van der Waals surface area contributed by atoms with Gasteiger partial charge in [-0.05, 0) is 48.6 Å². The van der Waals surface area contributed by atoms with Gasteiger partial charge in [0.1, 0.15) is 5.75 Å². The summed E-state index contributed by atoms with van der Waals surface area (Å²) < 4.78 is 11.1. The minimum Gasteiger partial charge on any atom is -0.508 e. The van der Waals surface area contributed by atoms with Gasteiger partial charge in [0.15, 0.2) is 5.78 Å². The average molecular weight is 323 g/mol. The lowest BCUT2D eigenvalue weighted by Gasteiger charge is -2.18. The van der Waals surface area contributed by atoms with Gasteiger partial charge >= 0.3 is 7.75 Å². The molecule has 0 bridgehead atoms. The van der Waals surface area contributed by atoms with Crippen molar-refractivity contribution >= 4 is 13.5 Å². The van der Waals surface area contributed by atoms with Crippen LogP contribution in [0.15, 0.2) is 47.7 Å². The van der Waals surface area contributed by atoms with Crippen molar-refractivity contribution in [1.29, 1.82) is 0 Å². The maximum absolute atomic E-state index is 11.4. The summed E-state index contributed by atoms with van der Waals surface area (Å²) in [4.78, 5) is 29.4. The van der Waals surface area contributed by atoms with Crippen LogP contribution in [0.3, 0.4) is 0 Å². The zero-order chi connectivity index (χ0) is 16.2. The van der Waals surface area contributed by atoms with Crippen LogP contribution in [0.2, 0.25) is 0 Å². The summed E-state index contributed by atoms with van der Waals surface area (Å²) in [6, 6.07) is 6.96. The molecule has 0 saturated carbocycles. The second kappa shape index (κ2) is 6.92. The van der Waals surface area contributed by atoms with Gasteiger partial charge in [-0.1, -0.05) is 18.2 Å². The summed E-state index contributed by atoms with van der Waals surface area (Å²) in [5, 5.41) is 11.5. The number of carbonyl (C=O) groups is 1. The van der Waals surface area contributed by atoms with E-state index in [-0.39, 0.29) is 23.7 Å². The van der Waals surface area contributed by atoms with E-state index in [0.717, 1.165) is 24.0 Å². The fraction of sp³-hybridized carbons (Fsp3) is 0.267. The molecule has 0 aromatic heterocycles. The number of hydrogen-bond acceptors (Lipinski definition) is 3. The molecule has 1 aliphatic carbocycles. The summed E-state index contributed by atoms with van der Waals surface area (Å²) >= 11 is 0. The molecule has 0 amide bonds. The van der Waals surface area contributed by atoms with Gasteiger partial charge in [-0.25, -0.2) is 4.57 Å². The maximum atomic E-state index is 11.4. The quantitative estimate of drug-likeness (QED) is 0.598. The van der Waals surface area contributed by atoms with Gasteiger partial charge < -0.3 is 14.9 Å². The summed E-state index contributed by atoms with van der Waals surface area (Å²) in [6.45, 7) is 0. The van der Waals surface area contributed by atoms with E-state index in [1.165, 1.54) is 6.08 Å². The van der Waals surface area contributed by atoms with Crippen LogP contribution in [0.5, 0.6) is 5.75 Å². The Morgan fingerprint density at radius 2 is 1.95 bits per heavy atom. The van der Waals surface area contributed by atoms with Crippen LogP contribution in [-0.2, 0) is 15.8 Å². The van der Waals surface area contributed by atoms with Crippen LogP contribution in [-0.4, -0.2) is 20.7 Å². The second-order valence-corrected chi connectivity index (χ2v) is 6.47. The van der Waals surface area contributed by atoms with E-state index in [1.54, 1.807) is 24.3 Å². The molecule has 118 valence electrons. The molecule has 2 rings (SSSR count). The van der Waals surface area contributed by atoms with E-state index < -0.39 is 7.75 Å². The molecule has 7 heteroatoms. The number of aryl methyl sites for hydroxylation is 1. The Morgan fingerprint density at radius 3 is 2.64 bits per heavy atom. The van der Waals surface area contributed by atoms with E-state index in [4.69, 9.17) is 9.79 Å². The summed E-state index contributed by atoms with van der Waals surface area (Å²) in [7, 11) is -4.42. The van der Waals surface area contributed by atoms with Crippen LogP contribution in [0, 0.1) is 0 Å². The van der Waals surface area contributed by atoms with Crippen LogP contribution in [0.25, 0.3) is 0 Å².